The fourth-order valence-electron chi connectivity index (χ4n) is 2.99. The summed E-state index contributed by atoms with van der Waals surface area (Å²) in [6.45, 7) is 2.01. The van der Waals surface area contributed by atoms with Gasteiger partial charge in [-0.15, -0.1) is 0 Å². The number of nitrogens with zero attached hydrogens (tertiary/aromatic N) is 2. The van der Waals surface area contributed by atoms with Crippen molar-refractivity contribution in [3.8, 4) is 0 Å². The predicted octanol–water partition coefficient (Wildman–Crippen LogP) is 3.97. The summed E-state index contributed by atoms with van der Waals surface area (Å²) >= 11 is 0. The zero-order chi connectivity index (χ0) is 14.7. The van der Waals surface area contributed by atoms with E-state index >= 15 is 0 Å². The standard InChI is InChI=1S/C17H22N2O2/c1-2-15-8-9-17(21-15)16(20)12-13-10-11-19(18-13)14-6-4-3-5-7-14/h8-11,14H,2-7,12H2,1H3. The van der Waals surface area contributed by atoms with Gasteiger partial charge in [-0.3, -0.25) is 9.48 Å². The number of rotatable bonds is 5. The van der Waals surface area contributed by atoms with Crippen molar-refractivity contribution in [3.05, 3.63) is 41.6 Å². The largest absolute Gasteiger partial charge is 0.458 e. The maximum atomic E-state index is 12.2. The van der Waals surface area contributed by atoms with Gasteiger partial charge in [-0.25, -0.2) is 0 Å². The van der Waals surface area contributed by atoms with Crippen LogP contribution in [0.5, 0.6) is 0 Å². The van der Waals surface area contributed by atoms with E-state index in [4.69, 9.17) is 4.42 Å². The molecule has 1 saturated carbocycles. The molecule has 0 unspecified atom stereocenters. The number of furan rings is 1. The van der Waals surface area contributed by atoms with Gasteiger partial charge in [0.1, 0.15) is 5.76 Å². The SMILES string of the molecule is CCc1ccc(C(=O)Cc2ccn(C3CCCCC3)n2)o1. The molecule has 0 aromatic carbocycles. The van der Waals surface area contributed by atoms with E-state index in [1.807, 2.05) is 29.9 Å². The van der Waals surface area contributed by atoms with E-state index in [-0.39, 0.29) is 5.78 Å². The molecule has 1 aliphatic rings. The topological polar surface area (TPSA) is 48.0 Å². The fraction of sp³-hybridized carbons (Fsp3) is 0.529. The van der Waals surface area contributed by atoms with Crippen LogP contribution in [0.3, 0.4) is 0 Å². The number of Topliss-reactive ketones (excluding diaryl/α,β-unsaturated/α-hetero) is 1. The molecule has 0 amide bonds. The molecule has 3 rings (SSSR count). The Balaban J connectivity index is 1.64. The van der Waals surface area contributed by atoms with Crippen molar-refractivity contribution in [2.75, 3.05) is 0 Å². The Morgan fingerprint density at radius 2 is 2.10 bits per heavy atom. The molecule has 2 heterocycles. The van der Waals surface area contributed by atoms with E-state index in [9.17, 15) is 4.79 Å². The van der Waals surface area contributed by atoms with Crippen LogP contribution in [0.2, 0.25) is 0 Å². The summed E-state index contributed by atoms with van der Waals surface area (Å²) in [5, 5.41) is 4.58. The number of carbonyl (C=O) groups is 1. The minimum absolute atomic E-state index is 0.00333. The molecule has 1 aliphatic carbocycles. The molecule has 21 heavy (non-hydrogen) atoms. The smallest absolute Gasteiger partial charge is 0.203 e. The van der Waals surface area contributed by atoms with E-state index in [0.29, 0.717) is 18.2 Å². The lowest BCUT2D eigenvalue weighted by molar-refractivity contribution is 0.0963. The van der Waals surface area contributed by atoms with E-state index < -0.39 is 0 Å². The van der Waals surface area contributed by atoms with Gasteiger partial charge in [0.25, 0.3) is 0 Å². The van der Waals surface area contributed by atoms with Crippen molar-refractivity contribution in [1.29, 1.82) is 0 Å². The zero-order valence-electron chi connectivity index (χ0n) is 12.5. The van der Waals surface area contributed by atoms with Gasteiger partial charge in [-0.1, -0.05) is 26.2 Å². The van der Waals surface area contributed by atoms with E-state index in [0.717, 1.165) is 17.9 Å². The predicted molar refractivity (Wildman–Crippen MR) is 80.5 cm³/mol. The highest BCUT2D eigenvalue weighted by Gasteiger charge is 2.18. The lowest BCUT2D eigenvalue weighted by atomic mass is 9.96. The lowest BCUT2D eigenvalue weighted by Crippen LogP contribution is -2.14. The van der Waals surface area contributed by atoms with Gasteiger partial charge in [0.05, 0.1) is 18.2 Å². The van der Waals surface area contributed by atoms with Gasteiger partial charge in [-0.05, 0) is 31.0 Å². The van der Waals surface area contributed by atoms with Crippen LogP contribution in [0.25, 0.3) is 0 Å². The molecule has 0 bridgehead atoms. The van der Waals surface area contributed by atoms with Crippen LogP contribution in [-0.2, 0) is 12.8 Å². The number of aromatic nitrogens is 2. The normalized spacial score (nSPS) is 16.2. The van der Waals surface area contributed by atoms with E-state index in [2.05, 4.69) is 5.10 Å². The second-order valence-electron chi connectivity index (χ2n) is 5.80. The Kier molecular flexibility index (Phi) is 4.23. The van der Waals surface area contributed by atoms with Gasteiger partial charge in [0.15, 0.2) is 5.76 Å². The van der Waals surface area contributed by atoms with Crippen molar-refractivity contribution in [2.24, 2.45) is 0 Å². The summed E-state index contributed by atoms with van der Waals surface area (Å²) in [6.07, 6.45) is 9.44. The van der Waals surface area contributed by atoms with Crippen molar-refractivity contribution < 1.29 is 9.21 Å². The Morgan fingerprint density at radius 3 is 2.81 bits per heavy atom. The molecule has 112 valence electrons. The second kappa shape index (κ2) is 6.29. The first-order valence-corrected chi connectivity index (χ1v) is 7.92. The number of aryl methyl sites for hydroxylation is 1. The van der Waals surface area contributed by atoms with Crippen molar-refractivity contribution >= 4 is 5.78 Å². The first-order valence-electron chi connectivity index (χ1n) is 7.92. The number of ketones is 1. The van der Waals surface area contributed by atoms with Gasteiger partial charge in [-0.2, -0.15) is 5.10 Å². The van der Waals surface area contributed by atoms with Crippen LogP contribution in [0.15, 0.2) is 28.8 Å². The molecule has 0 spiro atoms. The summed E-state index contributed by atoms with van der Waals surface area (Å²) in [4.78, 5) is 12.2. The van der Waals surface area contributed by atoms with Crippen LogP contribution in [0, 0.1) is 0 Å². The van der Waals surface area contributed by atoms with Crippen LogP contribution < -0.4 is 0 Å². The van der Waals surface area contributed by atoms with E-state index in [1.165, 1.54) is 32.1 Å². The van der Waals surface area contributed by atoms with Gasteiger partial charge >= 0.3 is 0 Å². The first kappa shape index (κ1) is 14.1. The molecule has 0 N–H and O–H groups in total. The van der Waals surface area contributed by atoms with Crippen molar-refractivity contribution in [2.45, 2.75) is 57.9 Å². The molecular formula is C17H22N2O2. The molecular weight excluding hydrogens is 264 g/mol. The second-order valence-corrected chi connectivity index (χ2v) is 5.80. The quantitative estimate of drug-likeness (QED) is 0.781. The third kappa shape index (κ3) is 3.26. The monoisotopic (exact) mass is 286 g/mol. The summed E-state index contributed by atoms with van der Waals surface area (Å²) in [5.41, 5.74) is 0.833. The number of carbonyl (C=O) groups excluding carboxylic acids is 1. The summed E-state index contributed by atoms with van der Waals surface area (Å²) in [7, 11) is 0. The van der Waals surface area contributed by atoms with Crippen LogP contribution >= 0.6 is 0 Å². The number of hydrogen-bond donors (Lipinski definition) is 0. The Morgan fingerprint density at radius 1 is 1.29 bits per heavy atom. The minimum Gasteiger partial charge on any atom is -0.458 e. The lowest BCUT2D eigenvalue weighted by Gasteiger charge is -2.21. The highest BCUT2D eigenvalue weighted by molar-refractivity contribution is 5.94. The maximum Gasteiger partial charge on any atom is 0.203 e. The minimum atomic E-state index is 0.00333. The Hall–Kier alpha value is -1.84. The number of hydrogen-bond acceptors (Lipinski definition) is 3. The Bertz CT molecular complexity index is 606. The highest BCUT2D eigenvalue weighted by atomic mass is 16.3. The fourth-order valence-corrected chi connectivity index (χ4v) is 2.99. The zero-order valence-corrected chi connectivity index (χ0v) is 12.5. The van der Waals surface area contributed by atoms with Gasteiger partial charge < -0.3 is 4.42 Å². The first-order chi connectivity index (χ1) is 10.3. The Labute approximate surface area is 125 Å². The average Bonchev–Trinajstić information content (AvgIpc) is 3.17. The third-order valence-corrected chi connectivity index (χ3v) is 4.24. The van der Waals surface area contributed by atoms with Gasteiger partial charge in [0, 0.05) is 12.6 Å². The molecule has 1 fully saturated rings. The molecule has 0 saturated heterocycles. The summed E-state index contributed by atoms with van der Waals surface area (Å²) < 4.78 is 7.55. The summed E-state index contributed by atoms with van der Waals surface area (Å²) in [5.74, 6) is 1.30. The summed E-state index contributed by atoms with van der Waals surface area (Å²) in [6, 6.07) is 6.10. The van der Waals surface area contributed by atoms with Crippen molar-refractivity contribution in [3.63, 3.8) is 0 Å². The van der Waals surface area contributed by atoms with E-state index in [1.54, 1.807) is 6.07 Å². The average molecular weight is 286 g/mol. The van der Waals surface area contributed by atoms with Crippen molar-refractivity contribution in [1.82, 2.24) is 9.78 Å². The van der Waals surface area contributed by atoms with Crippen LogP contribution in [0.1, 0.15) is 67.1 Å². The van der Waals surface area contributed by atoms with Crippen LogP contribution in [-0.4, -0.2) is 15.6 Å². The van der Waals surface area contributed by atoms with Gasteiger partial charge in [0.2, 0.25) is 5.78 Å². The molecule has 0 radical (unpaired) electrons. The van der Waals surface area contributed by atoms with Crippen LogP contribution in [0.4, 0.5) is 0 Å². The molecule has 0 aliphatic heterocycles. The molecule has 2 aromatic rings. The third-order valence-electron chi connectivity index (χ3n) is 4.24. The molecule has 4 nitrogen and oxygen atoms in total. The molecule has 4 heteroatoms. The maximum absolute atomic E-state index is 12.2. The molecule has 0 atom stereocenters. The molecule has 2 aromatic heterocycles. The highest BCUT2D eigenvalue weighted by Crippen LogP contribution is 2.27.